The number of amides is 1. The van der Waals surface area contributed by atoms with Gasteiger partial charge in [-0.3, -0.25) is 9.69 Å². The van der Waals surface area contributed by atoms with Crippen molar-refractivity contribution in [2.24, 2.45) is 0 Å². The predicted molar refractivity (Wildman–Crippen MR) is 73.6 cm³/mol. The number of benzene rings is 1. The van der Waals surface area contributed by atoms with Gasteiger partial charge >= 0.3 is 6.18 Å². The SMILES string of the molecule is N#Cc1ccc(F)c(CN2CCC[C@H]2C(=O)NCC(F)(F)F)c1. The summed E-state index contributed by atoms with van der Waals surface area (Å²) in [6.07, 6.45) is -3.40. The van der Waals surface area contributed by atoms with Crippen LogP contribution < -0.4 is 5.32 Å². The number of rotatable bonds is 4. The van der Waals surface area contributed by atoms with Gasteiger partial charge in [-0.2, -0.15) is 18.4 Å². The second-order valence-electron chi connectivity index (χ2n) is 5.38. The molecule has 2 rings (SSSR count). The molecule has 0 unspecified atom stereocenters. The van der Waals surface area contributed by atoms with Gasteiger partial charge in [0.15, 0.2) is 0 Å². The van der Waals surface area contributed by atoms with Crippen LogP contribution in [-0.2, 0) is 11.3 Å². The third kappa shape index (κ3) is 4.66. The summed E-state index contributed by atoms with van der Waals surface area (Å²) in [5.41, 5.74) is 0.540. The number of carbonyl (C=O) groups is 1. The van der Waals surface area contributed by atoms with Crippen LogP contribution in [0.1, 0.15) is 24.0 Å². The first-order valence-corrected chi connectivity index (χ1v) is 7.07. The molecule has 0 radical (unpaired) electrons. The van der Waals surface area contributed by atoms with Crippen molar-refractivity contribution in [3.63, 3.8) is 0 Å². The number of alkyl halides is 3. The van der Waals surface area contributed by atoms with Crippen LogP contribution in [-0.4, -0.2) is 36.1 Å². The number of carbonyl (C=O) groups excluding carboxylic acids is 1. The van der Waals surface area contributed by atoms with Crippen LogP contribution in [0.3, 0.4) is 0 Å². The Morgan fingerprint density at radius 1 is 1.43 bits per heavy atom. The van der Waals surface area contributed by atoms with Crippen LogP contribution in [0.15, 0.2) is 18.2 Å². The molecule has 0 saturated carbocycles. The van der Waals surface area contributed by atoms with Gasteiger partial charge in [-0.05, 0) is 37.6 Å². The Morgan fingerprint density at radius 3 is 2.83 bits per heavy atom. The minimum atomic E-state index is -4.47. The Labute approximate surface area is 130 Å². The lowest BCUT2D eigenvalue weighted by molar-refractivity contribution is -0.141. The molecule has 0 aromatic heterocycles. The fraction of sp³-hybridized carbons (Fsp3) is 0.467. The van der Waals surface area contributed by atoms with Gasteiger partial charge in [-0.15, -0.1) is 0 Å². The largest absolute Gasteiger partial charge is 0.405 e. The molecule has 1 aliphatic heterocycles. The van der Waals surface area contributed by atoms with Crippen LogP contribution >= 0.6 is 0 Å². The summed E-state index contributed by atoms with van der Waals surface area (Å²) in [7, 11) is 0. The monoisotopic (exact) mass is 329 g/mol. The number of hydrogen-bond donors (Lipinski definition) is 1. The lowest BCUT2D eigenvalue weighted by Gasteiger charge is -2.24. The van der Waals surface area contributed by atoms with E-state index in [1.54, 1.807) is 4.90 Å². The summed E-state index contributed by atoms with van der Waals surface area (Å²) < 4.78 is 50.3. The van der Waals surface area contributed by atoms with Gasteiger partial charge in [0.25, 0.3) is 0 Å². The van der Waals surface area contributed by atoms with Crippen LogP contribution in [0.4, 0.5) is 17.6 Å². The summed E-state index contributed by atoms with van der Waals surface area (Å²) >= 11 is 0. The Balaban J connectivity index is 2.05. The lowest BCUT2D eigenvalue weighted by atomic mass is 10.1. The summed E-state index contributed by atoms with van der Waals surface area (Å²) in [4.78, 5) is 13.5. The van der Waals surface area contributed by atoms with Crippen molar-refractivity contribution in [3.05, 3.63) is 35.1 Å². The third-order valence-electron chi connectivity index (χ3n) is 3.68. The predicted octanol–water partition coefficient (Wildman–Crippen LogP) is 2.34. The van der Waals surface area contributed by atoms with E-state index in [1.807, 2.05) is 11.4 Å². The zero-order valence-corrected chi connectivity index (χ0v) is 12.2. The highest BCUT2D eigenvalue weighted by molar-refractivity contribution is 5.82. The Morgan fingerprint density at radius 2 is 2.17 bits per heavy atom. The first-order chi connectivity index (χ1) is 10.8. The van der Waals surface area contributed by atoms with E-state index in [2.05, 4.69) is 0 Å². The van der Waals surface area contributed by atoms with Gasteiger partial charge in [0.2, 0.25) is 5.91 Å². The molecule has 0 bridgehead atoms. The van der Waals surface area contributed by atoms with Crippen molar-refractivity contribution in [3.8, 4) is 6.07 Å². The lowest BCUT2D eigenvalue weighted by Crippen LogP contribution is -2.45. The van der Waals surface area contributed by atoms with Crippen LogP contribution in [0, 0.1) is 17.1 Å². The molecule has 0 aliphatic carbocycles. The van der Waals surface area contributed by atoms with Crippen LogP contribution in [0.5, 0.6) is 0 Å². The van der Waals surface area contributed by atoms with Gasteiger partial charge in [0.1, 0.15) is 12.4 Å². The molecule has 1 amide bonds. The number of nitrogens with zero attached hydrogens (tertiary/aromatic N) is 2. The quantitative estimate of drug-likeness (QED) is 0.863. The first kappa shape index (κ1) is 17.2. The number of nitriles is 1. The molecule has 8 heteroatoms. The molecule has 1 fully saturated rings. The van der Waals surface area contributed by atoms with E-state index >= 15 is 0 Å². The number of nitrogens with one attached hydrogen (secondary N) is 1. The highest BCUT2D eigenvalue weighted by Crippen LogP contribution is 2.22. The standard InChI is InChI=1S/C15H15F4N3O/c16-12-4-3-10(7-20)6-11(12)8-22-5-1-2-13(22)14(23)21-9-15(17,18)19/h3-4,6,13H,1-2,5,8-9H2,(H,21,23)/t13-/m0/s1. The normalized spacial score (nSPS) is 18.7. The zero-order valence-electron chi connectivity index (χ0n) is 12.2. The Hall–Kier alpha value is -2.14. The van der Waals surface area contributed by atoms with Gasteiger partial charge in [0.05, 0.1) is 17.7 Å². The number of hydrogen-bond acceptors (Lipinski definition) is 3. The number of halogens is 4. The molecule has 124 valence electrons. The van der Waals surface area contributed by atoms with E-state index in [4.69, 9.17) is 5.26 Å². The first-order valence-electron chi connectivity index (χ1n) is 7.07. The van der Waals surface area contributed by atoms with E-state index < -0.39 is 30.5 Å². The zero-order chi connectivity index (χ0) is 17.0. The fourth-order valence-corrected chi connectivity index (χ4v) is 2.60. The maximum absolute atomic E-state index is 13.8. The summed E-state index contributed by atoms with van der Waals surface area (Å²) in [5, 5.41) is 10.7. The van der Waals surface area contributed by atoms with E-state index in [9.17, 15) is 22.4 Å². The molecular formula is C15H15F4N3O. The molecular weight excluding hydrogens is 314 g/mol. The van der Waals surface area contributed by atoms with Crippen LogP contribution in [0.2, 0.25) is 0 Å². The molecule has 1 N–H and O–H groups in total. The molecule has 1 heterocycles. The molecule has 1 aromatic carbocycles. The molecule has 1 aliphatic rings. The Bertz CT molecular complexity index is 624. The average Bonchev–Trinajstić information content (AvgIpc) is 2.94. The van der Waals surface area contributed by atoms with Crippen molar-refractivity contribution < 1.29 is 22.4 Å². The second kappa shape index (κ2) is 6.96. The average molecular weight is 329 g/mol. The topological polar surface area (TPSA) is 56.1 Å². The molecule has 0 spiro atoms. The summed E-state index contributed by atoms with van der Waals surface area (Å²) in [6, 6.07) is 5.08. The van der Waals surface area contributed by atoms with Gasteiger partial charge in [-0.25, -0.2) is 4.39 Å². The molecule has 23 heavy (non-hydrogen) atoms. The highest BCUT2D eigenvalue weighted by atomic mass is 19.4. The molecule has 1 atom stereocenters. The van der Waals surface area contributed by atoms with Gasteiger partial charge in [0, 0.05) is 12.1 Å². The van der Waals surface area contributed by atoms with Gasteiger partial charge in [-0.1, -0.05) is 0 Å². The molecule has 1 aromatic rings. The van der Waals surface area contributed by atoms with Crippen LogP contribution in [0.25, 0.3) is 0 Å². The van der Waals surface area contributed by atoms with Crippen molar-refractivity contribution in [1.82, 2.24) is 10.2 Å². The van der Waals surface area contributed by atoms with Crippen molar-refractivity contribution in [2.75, 3.05) is 13.1 Å². The maximum atomic E-state index is 13.8. The van der Waals surface area contributed by atoms with E-state index in [-0.39, 0.29) is 12.1 Å². The van der Waals surface area contributed by atoms with Crippen molar-refractivity contribution in [1.29, 1.82) is 5.26 Å². The van der Waals surface area contributed by atoms with Crippen molar-refractivity contribution in [2.45, 2.75) is 31.6 Å². The minimum Gasteiger partial charge on any atom is -0.346 e. The maximum Gasteiger partial charge on any atom is 0.405 e. The molecule has 4 nitrogen and oxygen atoms in total. The molecule has 1 saturated heterocycles. The summed E-state index contributed by atoms with van der Waals surface area (Å²) in [5.74, 6) is -1.22. The number of likely N-dealkylation sites (tertiary alicyclic amines) is 1. The summed E-state index contributed by atoms with van der Waals surface area (Å²) in [6.45, 7) is -0.819. The second-order valence-corrected chi connectivity index (χ2v) is 5.38. The van der Waals surface area contributed by atoms with E-state index in [0.29, 0.717) is 24.9 Å². The fourth-order valence-electron chi connectivity index (χ4n) is 2.60. The minimum absolute atomic E-state index is 0.0749. The Kier molecular flexibility index (Phi) is 5.21. The van der Waals surface area contributed by atoms with E-state index in [1.165, 1.54) is 18.2 Å². The van der Waals surface area contributed by atoms with E-state index in [0.717, 1.165) is 0 Å². The smallest absolute Gasteiger partial charge is 0.346 e. The highest BCUT2D eigenvalue weighted by Gasteiger charge is 2.34. The van der Waals surface area contributed by atoms with Gasteiger partial charge < -0.3 is 5.32 Å². The third-order valence-corrected chi connectivity index (χ3v) is 3.68. The van der Waals surface area contributed by atoms with Crippen molar-refractivity contribution >= 4 is 5.91 Å².